The first kappa shape index (κ1) is 29.2. The van der Waals surface area contributed by atoms with Gasteiger partial charge in [-0.15, -0.1) is 16.8 Å². The Morgan fingerprint density at radius 2 is 1.74 bits per heavy atom. The standard InChI is InChI=1S/C26H30N4O6S3/c27-21(28-11-2-1-3-18-15-38-39-16-18)10-12-37-20-13-24(33)30(25(20)34)36-26(35)19-6-4-17(5-7-19)14-29-22(31)8-9-23(29)32/h4-9,18,20H,1-3,10-16H2,(H2,27,28). The Hall–Kier alpha value is -2.77. The van der Waals surface area contributed by atoms with E-state index >= 15 is 0 Å². The number of hydrogen-bond donors (Lipinski definition) is 1. The third kappa shape index (κ3) is 8.12. The topological polar surface area (TPSA) is 139 Å². The summed E-state index contributed by atoms with van der Waals surface area (Å²) in [5, 5.41) is -0.119. The Balaban J connectivity index is 1.17. The molecule has 208 valence electrons. The second-order valence-corrected chi connectivity index (χ2v) is 13.2. The quantitative estimate of drug-likeness (QED) is 0.120. The summed E-state index contributed by atoms with van der Waals surface area (Å²) in [5.74, 6) is 1.53. The van der Waals surface area contributed by atoms with Crippen LogP contribution < -0.4 is 5.73 Å². The Bertz CT molecular complexity index is 1150. The molecule has 2 saturated heterocycles. The summed E-state index contributed by atoms with van der Waals surface area (Å²) in [4.78, 5) is 71.6. The second-order valence-electron chi connectivity index (χ2n) is 9.32. The summed E-state index contributed by atoms with van der Waals surface area (Å²) in [6.45, 7) is 0.761. The van der Waals surface area contributed by atoms with Gasteiger partial charge in [0.15, 0.2) is 0 Å². The van der Waals surface area contributed by atoms with Crippen molar-refractivity contribution in [1.82, 2.24) is 9.96 Å². The Morgan fingerprint density at radius 1 is 1.05 bits per heavy atom. The highest BCUT2D eigenvalue weighted by atomic mass is 33.1. The molecule has 0 bridgehead atoms. The van der Waals surface area contributed by atoms with E-state index < -0.39 is 34.8 Å². The third-order valence-corrected chi connectivity index (χ3v) is 10.3. The predicted molar refractivity (Wildman–Crippen MR) is 153 cm³/mol. The van der Waals surface area contributed by atoms with Gasteiger partial charge in [0.1, 0.15) is 0 Å². The van der Waals surface area contributed by atoms with E-state index in [1.807, 2.05) is 21.6 Å². The van der Waals surface area contributed by atoms with Crippen LogP contribution in [0.25, 0.3) is 0 Å². The smallest absolute Gasteiger partial charge is 0.363 e. The lowest BCUT2D eigenvalue weighted by Crippen LogP contribution is -2.34. The summed E-state index contributed by atoms with van der Waals surface area (Å²) in [7, 11) is 3.90. The second kappa shape index (κ2) is 14.0. The molecule has 39 heavy (non-hydrogen) atoms. The molecule has 0 spiro atoms. The normalized spacial score (nSPS) is 20.1. The zero-order valence-corrected chi connectivity index (χ0v) is 23.7. The van der Waals surface area contributed by atoms with Crippen LogP contribution in [0.5, 0.6) is 0 Å². The fraction of sp³-hybridized carbons (Fsp3) is 0.462. The SMILES string of the molecule is NC(CCSC1CC(=O)N(OC(=O)c2ccc(CN3C(=O)C=CC3=O)cc2)C1=O)=NCCCCC1CSSC1. The number of benzene rings is 1. The highest BCUT2D eigenvalue weighted by Crippen LogP contribution is 2.36. The first-order chi connectivity index (χ1) is 18.8. The fourth-order valence-electron chi connectivity index (χ4n) is 4.12. The number of hydroxylamine groups is 2. The number of aliphatic imine (C=N–C) groups is 1. The van der Waals surface area contributed by atoms with Gasteiger partial charge in [-0.05, 0) is 36.5 Å². The number of nitrogens with zero attached hydrogens (tertiary/aromatic N) is 3. The van der Waals surface area contributed by atoms with Crippen molar-refractivity contribution >= 4 is 68.8 Å². The van der Waals surface area contributed by atoms with Gasteiger partial charge in [0.25, 0.3) is 23.6 Å². The average molecular weight is 591 g/mol. The van der Waals surface area contributed by atoms with Gasteiger partial charge in [0, 0.05) is 42.4 Å². The number of amides is 4. The van der Waals surface area contributed by atoms with Crippen molar-refractivity contribution in [2.75, 3.05) is 23.8 Å². The molecule has 1 atom stereocenters. The first-order valence-electron chi connectivity index (χ1n) is 12.7. The summed E-state index contributed by atoms with van der Waals surface area (Å²) in [5.41, 5.74) is 6.77. The predicted octanol–water partition coefficient (Wildman–Crippen LogP) is 2.97. The number of rotatable bonds is 13. The van der Waals surface area contributed by atoms with Gasteiger partial charge in [0.2, 0.25) is 0 Å². The maximum Gasteiger partial charge on any atom is 0.363 e. The molecule has 2 fully saturated rings. The molecule has 2 N–H and O–H groups in total. The lowest BCUT2D eigenvalue weighted by Gasteiger charge is -2.15. The number of hydrogen-bond acceptors (Lipinski definition) is 10. The first-order valence-corrected chi connectivity index (χ1v) is 16.2. The molecule has 0 saturated carbocycles. The lowest BCUT2D eigenvalue weighted by atomic mass is 10.1. The van der Waals surface area contributed by atoms with Crippen molar-refractivity contribution in [1.29, 1.82) is 0 Å². The van der Waals surface area contributed by atoms with E-state index in [-0.39, 0.29) is 18.5 Å². The molecule has 1 unspecified atom stereocenters. The number of carbonyl (C=O) groups excluding carboxylic acids is 5. The molecule has 4 rings (SSSR count). The van der Waals surface area contributed by atoms with Gasteiger partial charge < -0.3 is 10.6 Å². The number of thioether (sulfide) groups is 1. The summed E-state index contributed by atoms with van der Waals surface area (Å²) in [6.07, 6.45) is 6.23. The van der Waals surface area contributed by atoms with Crippen LogP contribution in [0.3, 0.4) is 0 Å². The minimum atomic E-state index is -0.856. The monoisotopic (exact) mass is 590 g/mol. The molecule has 3 aliphatic rings. The summed E-state index contributed by atoms with van der Waals surface area (Å²) in [6, 6.07) is 6.04. The average Bonchev–Trinajstić information content (AvgIpc) is 3.62. The summed E-state index contributed by atoms with van der Waals surface area (Å²) < 4.78 is 0. The molecular weight excluding hydrogens is 561 g/mol. The van der Waals surface area contributed by atoms with Crippen molar-refractivity contribution in [2.45, 2.75) is 43.9 Å². The minimum Gasteiger partial charge on any atom is -0.387 e. The molecule has 0 aromatic heterocycles. The molecule has 3 heterocycles. The van der Waals surface area contributed by atoms with Crippen molar-refractivity contribution in [3.05, 3.63) is 47.5 Å². The molecule has 1 aromatic rings. The zero-order valence-electron chi connectivity index (χ0n) is 21.3. The number of unbranched alkanes of at least 4 members (excludes halogenated alkanes) is 1. The molecule has 0 radical (unpaired) electrons. The van der Waals surface area contributed by atoms with Crippen molar-refractivity contribution in [3.8, 4) is 0 Å². The van der Waals surface area contributed by atoms with Crippen LogP contribution in [0.1, 0.15) is 48.0 Å². The number of imide groups is 2. The van der Waals surface area contributed by atoms with Gasteiger partial charge in [-0.3, -0.25) is 29.1 Å². The maximum atomic E-state index is 12.7. The minimum absolute atomic E-state index is 0.0591. The van der Waals surface area contributed by atoms with E-state index in [9.17, 15) is 24.0 Å². The van der Waals surface area contributed by atoms with E-state index in [1.54, 1.807) is 12.1 Å². The van der Waals surface area contributed by atoms with Gasteiger partial charge >= 0.3 is 5.97 Å². The Labute approximate surface area is 238 Å². The van der Waals surface area contributed by atoms with Crippen molar-refractivity contribution in [2.24, 2.45) is 16.6 Å². The van der Waals surface area contributed by atoms with Crippen molar-refractivity contribution in [3.63, 3.8) is 0 Å². The molecular formula is C26H30N4O6S3. The third-order valence-electron chi connectivity index (χ3n) is 6.37. The molecule has 3 aliphatic heterocycles. The molecule has 10 nitrogen and oxygen atoms in total. The van der Waals surface area contributed by atoms with Crippen LogP contribution in [0.15, 0.2) is 41.4 Å². The lowest BCUT2D eigenvalue weighted by molar-refractivity contribution is -0.172. The highest BCUT2D eigenvalue weighted by Gasteiger charge is 2.42. The summed E-state index contributed by atoms with van der Waals surface area (Å²) >= 11 is 1.30. The largest absolute Gasteiger partial charge is 0.387 e. The van der Waals surface area contributed by atoms with Crippen LogP contribution in [-0.4, -0.2) is 74.5 Å². The molecule has 4 amide bonds. The van der Waals surface area contributed by atoms with E-state index in [4.69, 9.17) is 10.6 Å². The van der Waals surface area contributed by atoms with Crippen LogP contribution in [0.2, 0.25) is 0 Å². The van der Waals surface area contributed by atoms with Crippen LogP contribution in [-0.2, 0) is 30.6 Å². The van der Waals surface area contributed by atoms with Gasteiger partial charge in [-0.2, -0.15) is 0 Å². The number of amidine groups is 1. The van der Waals surface area contributed by atoms with E-state index in [1.165, 1.54) is 54.0 Å². The van der Waals surface area contributed by atoms with Crippen LogP contribution in [0.4, 0.5) is 0 Å². The zero-order chi connectivity index (χ0) is 27.8. The van der Waals surface area contributed by atoms with E-state index in [2.05, 4.69) is 4.99 Å². The van der Waals surface area contributed by atoms with Crippen molar-refractivity contribution < 1.29 is 28.8 Å². The van der Waals surface area contributed by atoms with Crippen LogP contribution in [0, 0.1) is 5.92 Å². The number of nitrogens with two attached hydrogens (primary N) is 1. The highest BCUT2D eigenvalue weighted by molar-refractivity contribution is 8.77. The van der Waals surface area contributed by atoms with Gasteiger partial charge in [-0.25, -0.2) is 4.79 Å². The molecule has 1 aromatic carbocycles. The molecule has 0 aliphatic carbocycles. The fourth-order valence-corrected chi connectivity index (χ4v) is 8.25. The van der Waals surface area contributed by atoms with E-state index in [0.717, 1.165) is 23.7 Å². The Kier molecular flexibility index (Phi) is 10.5. The maximum absolute atomic E-state index is 12.7. The van der Waals surface area contributed by atoms with E-state index in [0.29, 0.717) is 35.2 Å². The number of carbonyl (C=O) groups is 5. The molecule has 13 heteroatoms. The Morgan fingerprint density at radius 3 is 2.44 bits per heavy atom. The van der Waals surface area contributed by atoms with Crippen LogP contribution >= 0.6 is 33.3 Å². The van der Waals surface area contributed by atoms with Gasteiger partial charge in [0.05, 0.1) is 29.6 Å². The van der Waals surface area contributed by atoms with Gasteiger partial charge in [-0.1, -0.05) is 40.1 Å².